The molecule has 1 aromatic carbocycles. The number of benzene rings is 1. The summed E-state index contributed by atoms with van der Waals surface area (Å²) in [5.41, 5.74) is 0.471. The molecule has 0 bridgehead atoms. The molecule has 3 nitrogen and oxygen atoms in total. The third kappa shape index (κ3) is 2.03. The van der Waals surface area contributed by atoms with Crippen LogP contribution in [-0.4, -0.2) is 17.2 Å². The quantitative estimate of drug-likeness (QED) is 0.865. The highest BCUT2D eigenvalue weighted by atomic mass is 35.5. The van der Waals surface area contributed by atoms with Crippen molar-refractivity contribution >= 4 is 35.0 Å². The molecule has 1 amide bonds. The molecule has 0 unspecified atom stereocenters. The molecule has 0 spiro atoms. The van der Waals surface area contributed by atoms with Gasteiger partial charge in [-0.05, 0) is 25.0 Å². The summed E-state index contributed by atoms with van der Waals surface area (Å²) in [5, 5.41) is 9.75. The van der Waals surface area contributed by atoms with E-state index in [-0.39, 0.29) is 6.04 Å². The Morgan fingerprint density at radius 3 is 2.60 bits per heavy atom. The number of carboxylic acid groups (broad SMARTS) is 1. The van der Waals surface area contributed by atoms with Crippen LogP contribution in [0.3, 0.4) is 0 Å². The second kappa shape index (κ2) is 3.91. The van der Waals surface area contributed by atoms with E-state index in [1.165, 1.54) is 4.90 Å². The largest absolute Gasteiger partial charge is 0.465 e. The third-order valence-corrected chi connectivity index (χ3v) is 3.12. The van der Waals surface area contributed by atoms with E-state index in [4.69, 9.17) is 28.3 Å². The molecule has 1 saturated carbocycles. The van der Waals surface area contributed by atoms with Crippen molar-refractivity contribution in [1.82, 2.24) is 0 Å². The molecule has 1 aromatic rings. The summed E-state index contributed by atoms with van der Waals surface area (Å²) in [7, 11) is 0. The topological polar surface area (TPSA) is 40.5 Å². The van der Waals surface area contributed by atoms with E-state index in [1.807, 2.05) is 0 Å². The molecule has 5 heteroatoms. The van der Waals surface area contributed by atoms with Gasteiger partial charge in [-0.15, -0.1) is 0 Å². The van der Waals surface area contributed by atoms with Gasteiger partial charge in [-0.1, -0.05) is 29.3 Å². The van der Waals surface area contributed by atoms with Crippen LogP contribution in [0.2, 0.25) is 10.0 Å². The molecule has 15 heavy (non-hydrogen) atoms. The molecule has 1 aliphatic carbocycles. The maximum absolute atomic E-state index is 11.1. The number of anilines is 1. The summed E-state index contributed by atoms with van der Waals surface area (Å²) >= 11 is 11.8. The fraction of sp³-hybridized carbons (Fsp3) is 0.300. The first kappa shape index (κ1) is 10.6. The normalized spacial score (nSPS) is 15.1. The van der Waals surface area contributed by atoms with Crippen molar-refractivity contribution in [2.75, 3.05) is 4.90 Å². The predicted octanol–water partition coefficient (Wildman–Crippen LogP) is 3.64. The van der Waals surface area contributed by atoms with Crippen LogP contribution >= 0.6 is 23.2 Å². The number of amides is 1. The summed E-state index contributed by atoms with van der Waals surface area (Å²) in [5.74, 6) is 0. The van der Waals surface area contributed by atoms with E-state index in [9.17, 15) is 4.79 Å². The fourth-order valence-corrected chi connectivity index (χ4v) is 1.85. The van der Waals surface area contributed by atoms with Crippen LogP contribution in [0.15, 0.2) is 18.2 Å². The Morgan fingerprint density at radius 1 is 1.40 bits per heavy atom. The number of hydrogen-bond donors (Lipinski definition) is 1. The first-order chi connectivity index (χ1) is 7.11. The van der Waals surface area contributed by atoms with Crippen LogP contribution < -0.4 is 4.90 Å². The molecule has 2 rings (SSSR count). The summed E-state index contributed by atoms with van der Waals surface area (Å²) in [4.78, 5) is 12.4. The van der Waals surface area contributed by atoms with Gasteiger partial charge in [0, 0.05) is 6.04 Å². The van der Waals surface area contributed by atoms with Gasteiger partial charge < -0.3 is 5.11 Å². The van der Waals surface area contributed by atoms with Gasteiger partial charge in [0.1, 0.15) is 0 Å². The highest BCUT2D eigenvalue weighted by Crippen LogP contribution is 2.38. The predicted molar refractivity (Wildman–Crippen MR) is 60.0 cm³/mol. The lowest BCUT2D eigenvalue weighted by atomic mass is 10.3. The van der Waals surface area contributed by atoms with Crippen LogP contribution in [0.25, 0.3) is 0 Å². The molecule has 0 aromatic heterocycles. The van der Waals surface area contributed by atoms with Crippen molar-refractivity contribution in [3.63, 3.8) is 0 Å². The van der Waals surface area contributed by atoms with Gasteiger partial charge in [-0.25, -0.2) is 4.79 Å². The molecule has 1 fully saturated rings. The lowest BCUT2D eigenvalue weighted by Gasteiger charge is -2.20. The van der Waals surface area contributed by atoms with Crippen LogP contribution in [0.1, 0.15) is 12.8 Å². The summed E-state index contributed by atoms with van der Waals surface area (Å²) in [6, 6.07) is 5.06. The minimum atomic E-state index is -0.985. The number of hydrogen-bond acceptors (Lipinski definition) is 1. The van der Waals surface area contributed by atoms with Crippen LogP contribution in [0.5, 0.6) is 0 Å². The number of nitrogens with zero attached hydrogens (tertiary/aromatic N) is 1. The van der Waals surface area contributed by atoms with Gasteiger partial charge in [-0.2, -0.15) is 0 Å². The Kier molecular flexibility index (Phi) is 2.76. The van der Waals surface area contributed by atoms with Gasteiger partial charge in [0.05, 0.1) is 15.7 Å². The molecule has 0 aliphatic heterocycles. The third-order valence-electron chi connectivity index (χ3n) is 2.31. The number of halogens is 2. The van der Waals surface area contributed by atoms with Gasteiger partial charge in [0.25, 0.3) is 0 Å². The standard InChI is InChI=1S/C10H9Cl2NO2/c11-7-2-1-3-8(9(7)12)13(10(14)15)6-4-5-6/h1-3,6H,4-5H2,(H,14,15). The maximum Gasteiger partial charge on any atom is 0.412 e. The molecule has 0 heterocycles. The van der Waals surface area contributed by atoms with Crippen LogP contribution in [0, 0.1) is 0 Å². The molecule has 1 N–H and O–H groups in total. The highest BCUT2D eigenvalue weighted by molar-refractivity contribution is 6.44. The molecule has 0 atom stereocenters. The highest BCUT2D eigenvalue weighted by Gasteiger charge is 2.35. The maximum atomic E-state index is 11.1. The SMILES string of the molecule is O=C(O)N(c1cccc(Cl)c1Cl)C1CC1. The van der Waals surface area contributed by atoms with Crippen molar-refractivity contribution in [1.29, 1.82) is 0 Å². The van der Waals surface area contributed by atoms with Gasteiger partial charge in [-0.3, -0.25) is 4.90 Å². The van der Waals surface area contributed by atoms with E-state index in [1.54, 1.807) is 18.2 Å². The summed E-state index contributed by atoms with van der Waals surface area (Å²) in [6.07, 6.45) is 0.784. The second-order valence-electron chi connectivity index (χ2n) is 3.46. The van der Waals surface area contributed by atoms with E-state index in [0.717, 1.165) is 12.8 Å². The molecule has 1 aliphatic rings. The molecule has 0 radical (unpaired) electrons. The first-order valence-electron chi connectivity index (χ1n) is 4.57. The molecular weight excluding hydrogens is 237 g/mol. The van der Waals surface area contributed by atoms with E-state index >= 15 is 0 Å². The van der Waals surface area contributed by atoms with Gasteiger partial charge in [0.2, 0.25) is 0 Å². The van der Waals surface area contributed by atoms with Gasteiger partial charge >= 0.3 is 6.09 Å². The Morgan fingerprint density at radius 2 is 2.07 bits per heavy atom. The second-order valence-corrected chi connectivity index (χ2v) is 4.24. The lowest BCUT2D eigenvalue weighted by molar-refractivity contribution is 0.201. The fourth-order valence-electron chi connectivity index (χ4n) is 1.47. The van der Waals surface area contributed by atoms with Crippen molar-refractivity contribution < 1.29 is 9.90 Å². The average Bonchev–Trinajstić information content (AvgIpc) is 2.96. The zero-order chi connectivity index (χ0) is 11.0. The zero-order valence-electron chi connectivity index (χ0n) is 7.78. The first-order valence-corrected chi connectivity index (χ1v) is 5.33. The molecular formula is C10H9Cl2NO2. The average molecular weight is 246 g/mol. The Labute approximate surface area is 97.2 Å². The van der Waals surface area contributed by atoms with Crippen molar-refractivity contribution in [3.8, 4) is 0 Å². The Balaban J connectivity index is 2.41. The Bertz CT molecular complexity index is 404. The smallest absolute Gasteiger partial charge is 0.412 e. The Hall–Kier alpha value is -0.930. The van der Waals surface area contributed by atoms with E-state index in [2.05, 4.69) is 0 Å². The summed E-state index contributed by atoms with van der Waals surface area (Å²) in [6.45, 7) is 0. The molecule has 80 valence electrons. The van der Waals surface area contributed by atoms with E-state index in [0.29, 0.717) is 15.7 Å². The van der Waals surface area contributed by atoms with Crippen LogP contribution in [-0.2, 0) is 0 Å². The summed E-state index contributed by atoms with van der Waals surface area (Å²) < 4.78 is 0. The number of rotatable bonds is 2. The zero-order valence-corrected chi connectivity index (χ0v) is 9.29. The van der Waals surface area contributed by atoms with Crippen molar-refractivity contribution in [3.05, 3.63) is 28.2 Å². The van der Waals surface area contributed by atoms with Crippen molar-refractivity contribution in [2.24, 2.45) is 0 Å². The number of carbonyl (C=O) groups is 1. The van der Waals surface area contributed by atoms with Crippen LogP contribution in [0.4, 0.5) is 10.5 Å². The minimum Gasteiger partial charge on any atom is -0.465 e. The monoisotopic (exact) mass is 245 g/mol. The molecule has 0 saturated heterocycles. The lowest BCUT2D eigenvalue weighted by Crippen LogP contribution is -2.31. The van der Waals surface area contributed by atoms with Crippen molar-refractivity contribution in [2.45, 2.75) is 18.9 Å². The minimum absolute atomic E-state index is 0.0541. The van der Waals surface area contributed by atoms with Gasteiger partial charge in [0.15, 0.2) is 0 Å². The van der Waals surface area contributed by atoms with E-state index < -0.39 is 6.09 Å².